The Kier molecular flexibility index (Phi) is 7.94. The van der Waals surface area contributed by atoms with Crippen LogP contribution in [0.25, 0.3) is 0 Å². The monoisotopic (exact) mass is 416 g/mol. The molecule has 1 fully saturated rings. The average Bonchev–Trinajstić information content (AvgIpc) is 2.72. The first-order valence-corrected chi connectivity index (χ1v) is 9.24. The highest BCUT2D eigenvalue weighted by atomic mass is 16.7. The first-order chi connectivity index (χ1) is 13.6. The molecule has 0 aromatic heterocycles. The fourth-order valence-corrected chi connectivity index (χ4v) is 2.64. The summed E-state index contributed by atoms with van der Waals surface area (Å²) in [6.45, 7) is 2.26. The first kappa shape index (κ1) is 23.5. The van der Waals surface area contributed by atoms with Crippen LogP contribution >= 0.6 is 0 Å². The van der Waals surface area contributed by atoms with Crippen LogP contribution < -0.4 is 4.74 Å². The fourth-order valence-electron chi connectivity index (χ4n) is 2.64. The number of hydrogen-bond acceptors (Lipinski definition) is 10. The smallest absolute Gasteiger partial charge is 0.338 e. The van der Waals surface area contributed by atoms with Crippen molar-refractivity contribution in [1.82, 2.24) is 0 Å². The van der Waals surface area contributed by atoms with Crippen molar-refractivity contribution in [2.24, 2.45) is 0 Å². The summed E-state index contributed by atoms with van der Waals surface area (Å²) in [6.07, 6.45) is -8.42. The SMILES string of the molecule is CC[C@](C)(O)[C@@H](O)C(=O)OCc1ccc(O[C@@H]2O[C@H](CO)[C@@H](O)[C@H](O)[C@H]2O)cc1. The maximum Gasteiger partial charge on any atom is 0.338 e. The molecule has 10 nitrogen and oxygen atoms in total. The van der Waals surface area contributed by atoms with Gasteiger partial charge >= 0.3 is 5.97 Å². The third-order valence-corrected chi connectivity index (χ3v) is 4.93. The molecule has 29 heavy (non-hydrogen) atoms. The molecule has 1 saturated heterocycles. The van der Waals surface area contributed by atoms with E-state index < -0.39 is 55.0 Å². The average molecular weight is 416 g/mol. The summed E-state index contributed by atoms with van der Waals surface area (Å²) in [5, 5.41) is 58.4. The first-order valence-electron chi connectivity index (χ1n) is 9.24. The van der Waals surface area contributed by atoms with Gasteiger partial charge in [-0.3, -0.25) is 0 Å². The number of carbonyl (C=O) groups is 1. The van der Waals surface area contributed by atoms with Gasteiger partial charge in [-0.25, -0.2) is 4.79 Å². The summed E-state index contributed by atoms with van der Waals surface area (Å²) in [5.41, 5.74) is -1.01. The minimum Gasteiger partial charge on any atom is -0.462 e. The van der Waals surface area contributed by atoms with Crippen molar-refractivity contribution >= 4 is 5.97 Å². The lowest BCUT2D eigenvalue weighted by atomic mass is 9.96. The Morgan fingerprint density at radius 2 is 1.79 bits per heavy atom. The van der Waals surface area contributed by atoms with E-state index in [-0.39, 0.29) is 18.8 Å². The van der Waals surface area contributed by atoms with Crippen LogP contribution in [0, 0.1) is 0 Å². The van der Waals surface area contributed by atoms with Gasteiger partial charge in [0.05, 0.1) is 12.2 Å². The van der Waals surface area contributed by atoms with Crippen LogP contribution in [0.2, 0.25) is 0 Å². The molecule has 0 bridgehead atoms. The van der Waals surface area contributed by atoms with E-state index in [0.717, 1.165) is 0 Å². The van der Waals surface area contributed by atoms with Gasteiger partial charge in [0.15, 0.2) is 6.10 Å². The van der Waals surface area contributed by atoms with E-state index in [0.29, 0.717) is 5.56 Å². The molecule has 0 saturated carbocycles. The summed E-state index contributed by atoms with van der Waals surface area (Å²) < 4.78 is 15.7. The van der Waals surface area contributed by atoms with Gasteiger partial charge in [0.25, 0.3) is 0 Å². The molecule has 6 N–H and O–H groups in total. The van der Waals surface area contributed by atoms with Gasteiger partial charge in [0.1, 0.15) is 36.8 Å². The molecule has 1 aliphatic heterocycles. The molecule has 10 heteroatoms. The molecule has 0 amide bonds. The lowest BCUT2D eigenvalue weighted by molar-refractivity contribution is -0.277. The standard InChI is InChI=1S/C19H28O10/c1-3-19(2,26)16(24)17(25)27-9-10-4-6-11(7-5-10)28-18-15(23)14(22)13(21)12(8-20)29-18/h4-7,12-16,18,20-24,26H,3,8-9H2,1-2H3/t12-,13-,14+,15-,16+,18-,19+/m1/s1. The zero-order valence-corrected chi connectivity index (χ0v) is 16.2. The minimum atomic E-state index is -1.67. The van der Waals surface area contributed by atoms with E-state index in [2.05, 4.69) is 0 Å². The number of benzene rings is 1. The van der Waals surface area contributed by atoms with E-state index >= 15 is 0 Å². The number of aliphatic hydroxyl groups is 6. The van der Waals surface area contributed by atoms with Crippen molar-refractivity contribution in [3.8, 4) is 5.75 Å². The number of esters is 1. The highest BCUT2D eigenvalue weighted by Gasteiger charge is 2.44. The largest absolute Gasteiger partial charge is 0.462 e. The Bertz CT molecular complexity index is 659. The molecule has 1 aromatic carbocycles. The van der Waals surface area contributed by atoms with Crippen LogP contribution in [0.4, 0.5) is 0 Å². The number of carbonyl (C=O) groups excluding carboxylic acids is 1. The normalized spacial score (nSPS) is 30.3. The predicted octanol–water partition coefficient (Wildman–Crippen LogP) is -1.57. The summed E-state index contributed by atoms with van der Waals surface area (Å²) >= 11 is 0. The Balaban J connectivity index is 1.92. The van der Waals surface area contributed by atoms with Crippen LogP contribution in [0.3, 0.4) is 0 Å². The van der Waals surface area contributed by atoms with Crippen molar-refractivity contribution in [1.29, 1.82) is 0 Å². The molecule has 1 aromatic rings. The summed E-state index contributed by atoms with van der Waals surface area (Å²) in [7, 11) is 0. The Hall–Kier alpha value is -1.79. The highest BCUT2D eigenvalue weighted by Crippen LogP contribution is 2.24. The molecule has 7 atom stereocenters. The van der Waals surface area contributed by atoms with Gasteiger partial charge in [-0.1, -0.05) is 19.1 Å². The summed E-state index contributed by atoms with van der Waals surface area (Å²) in [5.74, 6) is -0.683. The quantitative estimate of drug-likeness (QED) is 0.273. The maximum atomic E-state index is 11.8. The predicted molar refractivity (Wildman–Crippen MR) is 97.6 cm³/mol. The highest BCUT2D eigenvalue weighted by molar-refractivity contribution is 5.75. The van der Waals surface area contributed by atoms with E-state index in [9.17, 15) is 35.4 Å². The van der Waals surface area contributed by atoms with Crippen molar-refractivity contribution in [3.63, 3.8) is 0 Å². The molecular formula is C19H28O10. The third kappa shape index (κ3) is 5.64. The lowest BCUT2D eigenvalue weighted by Crippen LogP contribution is -2.60. The molecule has 0 radical (unpaired) electrons. The zero-order chi connectivity index (χ0) is 21.8. The van der Waals surface area contributed by atoms with E-state index in [1.807, 2.05) is 0 Å². The number of ether oxygens (including phenoxy) is 3. The van der Waals surface area contributed by atoms with Gasteiger partial charge in [-0.2, -0.15) is 0 Å². The van der Waals surface area contributed by atoms with Gasteiger partial charge in [0.2, 0.25) is 6.29 Å². The summed E-state index contributed by atoms with van der Waals surface area (Å²) in [4.78, 5) is 11.8. The van der Waals surface area contributed by atoms with Crippen LogP contribution in [-0.2, 0) is 20.9 Å². The second-order valence-corrected chi connectivity index (χ2v) is 7.18. The van der Waals surface area contributed by atoms with Crippen molar-refractivity contribution in [3.05, 3.63) is 29.8 Å². The zero-order valence-electron chi connectivity index (χ0n) is 16.2. The minimum absolute atomic E-state index is 0.143. The van der Waals surface area contributed by atoms with Gasteiger partial charge in [-0.15, -0.1) is 0 Å². The molecule has 0 spiro atoms. The topological polar surface area (TPSA) is 166 Å². The summed E-state index contributed by atoms with van der Waals surface area (Å²) in [6, 6.07) is 6.14. The molecule has 1 aliphatic rings. The lowest BCUT2D eigenvalue weighted by Gasteiger charge is -2.39. The van der Waals surface area contributed by atoms with E-state index in [4.69, 9.17) is 14.2 Å². The van der Waals surface area contributed by atoms with Crippen LogP contribution in [0.1, 0.15) is 25.8 Å². The molecule has 1 heterocycles. The van der Waals surface area contributed by atoms with Gasteiger partial charge in [-0.05, 0) is 31.0 Å². The van der Waals surface area contributed by atoms with Gasteiger partial charge < -0.3 is 44.8 Å². The molecule has 164 valence electrons. The Morgan fingerprint density at radius 3 is 2.34 bits per heavy atom. The fraction of sp³-hybridized carbons (Fsp3) is 0.632. The Labute approximate surface area is 167 Å². The van der Waals surface area contributed by atoms with Crippen molar-refractivity contribution in [2.75, 3.05) is 6.61 Å². The third-order valence-electron chi connectivity index (χ3n) is 4.93. The van der Waals surface area contributed by atoms with Crippen molar-refractivity contribution < 1.29 is 49.6 Å². The second-order valence-electron chi connectivity index (χ2n) is 7.18. The van der Waals surface area contributed by atoms with Crippen molar-refractivity contribution in [2.45, 2.75) is 69.3 Å². The molecule has 0 aliphatic carbocycles. The number of hydrogen-bond donors (Lipinski definition) is 6. The van der Waals surface area contributed by atoms with Crippen LogP contribution in [0.15, 0.2) is 24.3 Å². The van der Waals surface area contributed by atoms with E-state index in [1.54, 1.807) is 19.1 Å². The molecular weight excluding hydrogens is 388 g/mol. The van der Waals surface area contributed by atoms with Gasteiger partial charge in [0, 0.05) is 0 Å². The van der Waals surface area contributed by atoms with Crippen LogP contribution in [-0.4, -0.2) is 85.6 Å². The van der Waals surface area contributed by atoms with E-state index in [1.165, 1.54) is 19.1 Å². The van der Waals surface area contributed by atoms with Crippen LogP contribution in [0.5, 0.6) is 5.75 Å². The molecule has 2 rings (SSSR count). The second kappa shape index (κ2) is 9.81. The number of aliphatic hydroxyl groups excluding tert-OH is 5. The Morgan fingerprint density at radius 1 is 1.17 bits per heavy atom. The maximum absolute atomic E-state index is 11.8. The number of rotatable bonds is 8. The molecule has 0 unspecified atom stereocenters.